The van der Waals surface area contributed by atoms with E-state index < -0.39 is 0 Å². The lowest BCUT2D eigenvalue weighted by atomic mass is 10.2. The molecule has 0 atom stereocenters. The van der Waals surface area contributed by atoms with Gasteiger partial charge in [-0.25, -0.2) is 5.43 Å². The quantitative estimate of drug-likeness (QED) is 0.409. The van der Waals surface area contributed by atoms with Crippen molar-refractivity contribution < 1.29 is 5.11 Å². The lowest BCUT2D eigenvalue weighted by Crippen LogP contribution is -2.00. The number of aromatic nitrogens is 4. The molecule has 2 aromatic carbocycles. The zero-order chi connectivity index (χ0) is 17.4. The maximum absolute atomic E-state index is 9.27. The number of nitrogens with one attached hydrogen (secondary N) is 1. The van der Waals surface area contributed by atoms with Crippen LogP contribution in [0.25, 0.3) is 22.1 Å². The average molecular weight is 397 g/mol. The number of aryl methyl sites for hydroxylation is 1. The SMILES string of the molecule is Cn1c2ccc(Br)cc2c2nnc(N/N=C/c3ccc(O)cc3)nc21. The Morgan fingerprint density at radius 1 is 1.16 bits per heavy atom. The van der Waals surface area contributed by atoms with E-state index in [1.165, 1.54) is 0 Å². The molecule has 2 aromatic heterocycles. The van der Waals surface area contributed by atoms with Crippen molar-refractivity contribution in [1.29, 1.82) is 0 Å². The minimum absolute atomic E-state index is 0.213. The second-order valence-corrected chi connectivity index (χ2v) is 6.41. The fourth-order valence-electron chi connectivity index (χ4n) is 2.60. The predicted octanol–water partition coefficient (Wildman–Crippen LogP) is 3.43. The minimum Gasteiger partial charge on any atom is -0.508 e. The van der Waals surface area contributed by atoms with Crippen molar-refractivity contribution in [2.24, 2.45) is 12.1 Å². The number of halogens is 1. The maximum Gasteiger partial charge on any atom is 0.265 e. The maximum atomic E-state index is 9.27. The topological polar surface area (TPSA) is 88.2 Å². The Kier molecular flexibility index (Phi) is 3.81. The smallest absolute Gasteiger partial charge is 0.265 e. The van der Waals surface area contributed by atoms with Gasteiger partial charge in [0.15, 0.2) is 5.65 Å². The van der Waals surface area contributed by atoms with Crippen molar-refractivity contribution in [3.8, 4) is 5.75 Å². The molecule has 8 heteroatoms. The molecule has 7 nitrogen and oxygen atoms in total. The third-order valence-corrected chi connectivity index (χ3v) is 4.33. The molecule has 25 heavy (non-hydrogen) atoms. The summed E-state index contributed by atoms with van der Waals surface area (Å²) in [5.41, 5.74) is 6.13. The molecule has 0 unspecified atom stereocenters. The third-order valence-electron chi connectivity index (χ3n) is 3.83. The molecule has 2 N–H and O–H groups in total. The van der Waals surface area contributed by atoms with Crippen LogP contribution in [0.4, 0.5) is 5.95 Å². The van der Waals surface area contributed by atoms with E-state index in [9.17, 15) is 5.11 Å². The number of hydrazone groups is 1. The second-order valence-electron chi connectivity index (χ2n) is 5.49. The number of phenolic OH excluding ortho intramolecular Hbond substituents is 1. The number of nitrogens with zero attached hydrogens (tertiary/aromatic N) is 5. The molecule has 0 aliphatic heterocycles. The first-order valence-electron chi connectivity index (χ1n) is 7.48. The molecule has 0 saturated heterocycles. The monoisotopic (exact) mass is 396 g/mol. The van der Waals surface area contributed by atoms with E-state index >= 15 is 0 Å². The van der Waals surface area contributed by atoms with Crippen molar-refractivity contribution in [3.05, 3.63) is 52.5 Å². The second kappa shape index (κ2) is 6.14. The zero-order valence-electron chi connectivity index (χ0n) is 13.2. The van der Waals surface area contributed by atoms with Crippen LogP contribution in [0.1, 0.15) is 5.56 Å². The molecule has 0 radical (unpaired) electrons. The van der Waals surface area contributed by atoms with E-state index in [1.807, 2.05) is 29.8 Å². The van der Waals surface area contributed by atoms with Crippen molar-refractivity contribution in [1.82, 2.24) is 19.7 Å². The average Bonchev–Trinajstić information content (AvgIpc) is 2.88. The molecular formula is C17H13BrN6O. The normalized spacial score (nSPS) is 11.6. The Balaban J connectivity index is 1.66. The highest BCUT2D eigenvalue weighted by molar-refractivity contribution is 9.10. The highest BCUT2D eigenvalue weighted by Crippen LogP contribution is 2.27. The summed E-state index contributed by atoms with van der Waals surface area (Å²) in [5.74, 6) is 0.526. The molecule has 4 rings (SSSR count). The van der Waals surface area contributed by atoms with Gasteiger partial charge >= 0.3 is 0 Å². The Bertz CT molecular complexity index is 1100. The fourth-order valence-corrected chi connectivity index (χ4v) is 2.96. The Morgan fingerprint density at radius 3 is 2.76 bits per heavy atom. The van der Waals surface area contributed by atoms with Crippen molar-refractivity contribution in [3.63, 3.8) is 0 Å². The van der Waals surface area contributed by atoms with Crippen LogP contribution in [-0.2, 0) is 7.05 Å². The largest absolute Gasteiger partial charge is 0.508 e. The van der Waals surface area contributed by atoms with Gasteiger partial charge in [-0.15, -0.1) is 10.2 Å². The van der Waals surface area contributed by atoms with Crippen molar-refractivity contribution in [2.45, 2.75) is 0 Å². The van der Waals surface area contributed by atoms with Gasteiger partial charge in [-0.2, -0.15) is 10.1 Å². The lowest BCUT2D eigenvalue weighted by molar-refractivity contribution is 0.475. The summed E-state index contributed by atoms with van der Waals surface area (Å²) in [6, 6.07) is 12.7. The van der Waals surface area contributed by atoms with Crippen molar-refractivity contribution >= 4 is 50.2 Å². The molecule has 124 valence electrons. The van der Waals surface area contributed by atoms with E-state index in [0.717, 1.165) is 32.1 Å². The van der Waals surface area contributed by atoms with Gasteiger partial charge in [-0.3, -0.25) is 0 Å². The standard InChI is InChI=1S/C17H13BrN6O/c1-24-14-7-4-11(18)8-13(14)15-16(24)20-17(23-21-15)22-19-9-10-2-5-12(25)6-3-10/h2-9,25H,1H3,(H,20,22,23)/b19-9+. The summed E-state index contributed by atoms with van der Waals surface area (Å²) < 4.78 is 2.95. The van der Waals surface area contributed by atoms with E-state index in [0.29, 0.717) is 5.95 Å². The molecule has 4 aromatic rings. The van der Waals surface area contributed by atoms with Crippen LogP contribution in [0.2, 0.25) is 0 Å². The molecule has 0 spiro atoms. The summed E-state index contributed by atoms with van der Waals surface area (Å²) in [5, 5.41) is 22.7. The molecule has 0 fully saturated rings. The minimum atomic E-state index is 0.213. The highest BCUT2D eigenvalue weighted by Gasteiger charge is 2.12. The van der Waals surface area contributed by atoms with E-state index in [2.05, 4.69) is 41.6 Å². The first-order valence-corrected chi connectivity index (χ1v) is 8.27. The van der Waals surface area contributed by atoms with Crippen LogP contribution in [-0.4, -0.2) is 31.1 Å². The number of hydrogen-bond donors (Lipinski definition) is 2. The Hall–Kier alpha value is -3.00. The van der Waals surface area contributed by atoms with Gasteiger partial charge in [0.05, 0.1) is 11.7 Å². The number of fused-ring (bicyclic) bond motifs is 3. The van der Waals surface area contributed by atoms with Gasteiger partial charge in [-0.1, -0.05) is 15.9 Å². The molecule has 0 bridgehead atoms. The van der Waals surface area contributed by atoms with Gasteiger partial charge in [0.25, 0.3) is 5.95 Å². The van der Waals surface area contributed by atoms with Crippen LogP contribution in [0.3, 0.4) is 0 Å². The zero-order valence-corrected chi connectivity index (χ0v) is 14.8. The summed E-state index contributed by atoms with van der Waals surface area (Å²) in [6.07, 6.45) is 1.62. The number of benzene rings is 2. The number of rotatable bonds is 3. The molecule has 0 aliphatic rings. The van der Waals surface area contributed by atoms with Gasteiger partial charge in [0.1, 0.15) is 11.3 Å². The van der Waals surface area contributed by atoms with Crippen LogP contribution in [0.15, 0.2) is 52.0 Å². The molecule has 2 heterocycles. The first kappa shape index (κ1) is 15.5. The van der Waals surface area contributed by atoms with Crippen LogP contribution in [0, 0.1) is 0 Å². The van der Waals surface area contributed by atoms with Gasteiger partial charge in [0.2, 0.25) is 0 Å². The predicted molar refractivity (Wildman–Crippen MR) is 101 cm³/mol. The fraction of sp³-hybridized carbons (Fsp3) is 0.0588. The number of aromatic hydroxyl groups is 1. The molecular weight excluding hydrogens is 384 g/mol. The summed E-state index contributed by atoms with van der Waals surface area (Å²) in [4.78, 5) is 4.50. The van der Waals surface area contributed by atoms with Crippen LogP contribution >= 0.6 is 15.9 Å². The Labute approximate surface area is 151 Å². The van der Waals surface area contributed by atoms with Gasteiger partial charge < -0.3 is 9.67 Å². The molecule has 0 saturated carbocycles. The van der Waals surface area contributed by atoms with E-state index in [4.69, 9.17) is 0 Å². The number of anilines is 1. The van der Waals surface area contributed by atoms with Gasteiger partial charge in [-0.05, 0) is 48.0 Å². The van der Waals surface area contributed by atoms with Crippen LogP contribution in [0.5, 0.6) is 5.75 Å². The summed E-state index contributed by atoms with van der Waals surface area (Å²) in [7, 11) is 1.94. The molecule has 0 amide bonds. The van der Waals surface area contributed by atoms with Gasteiger partial charge in [0, 0.05) is 16.9 Å². The van der Waals surface area contributed by atoms with E-state index in [-0.39, 0.29) is 5.75 Å². The Morgan fingerprint density at radius 2 is 1.96 bits per heavy atom. The number of hydrogen-bond acceptors (Lipinski definition) is 6. The summed E-state index contributed by atoms with van der Waals surface area (Å²) in [6.45, 7) is 0. The summed E-state index contributed by atoms with van der Waals surface area (Å²) >= 11 is 3.48. The first-order chi connectivity index (χ1) is 12.1. The van der Waals surface area contributed by atoms with Crippen molar-refractivity contribution in [2.75, 3.05) is 5.43 Å². The number of phenols is 1. The van der Waals surface area contributed by atoms with Crippen LogP contribution < -0.4 is 5.43 Å². The highest BCUT2D eigenvalue weighted by atomic mass is 79.9. The third kappa shape index (κ3) is 2.91. The molecule has 0 aliphatic carbocycles. The van der Waals surface area contributed by atoms with E-state index in [1.54, 1.807) is 30.5 Å². The lowest BCUT2D eigenvalue weighted by Gasteiger charge is -1.99.